The molecule has 0 aromatic rings. The minimum absolute atomic E-state index is 0.100. The molecule has 0 radical (unpaired) electrons. The average molecular weight is 418 g/mol. The fraction of sp³-hybridized carbons (Fsp3) is 0.737. The second-order valence-corrected chi connectivity index (χ2v) is 8.76. The summed E-state index contributed by atoms with van der Waals surface area (Å²) in [5.74, 6) is -3.11. The molecule has 0 aliphatic rings. The Morgan fingerprint density at radius 2 is 1.61 bits per heavy atom. The van der Waals surface area contributed by atoms with Gasteiger partial charge in [0.25, 0.3) is 5.12 Å². The number of amides is 1. The van der Waals surface area contributed by atoms with Crippen molar-refractivity contribution in [3.8, 4) is 0 Å². The first-order chi connectivity index (χ1) is 12.8. The molecule has 0 aromatic carbocycles. The summed E-state index contributed by atoms with van der Waals surface area (Å²) in [6, 6.07) is -1.14. The summed E-state index contributed by atoms with van der Waals surface area (Å²) in [4.78, 5) is 60.5. The smallest absolute Gasteiger partial charge is 0.330 e. The largest absolute Gasteiger partial charge is 0.464 e. The number of thioether (sulfide) groups is 1. The van der Waals surface area contributed by atoms with Crippen LogP contribution >= 0.6 is 11.8 Å². The van der Waals surface area contributed by atoms with Crippen LogP contribution in [0.25, 0.3) is 0 Å². The average Bonchev–Trinajstić information content (AvgIpc) is 2.57. The maximum absolute atomic E-state index is 12.4. The lowest BCUT2D eigenvalue weighted by Gasteiger charge is -2.32. The van der Waals surface area contributed by atoms with Gasteiger partial charge in [-0.3, -0.25) is 19.2 Å². The molecule has 0 saturated carbocycles. The summed E-state index contributed by atoms with van der Waals surface area (Å²) in [5, 5.41) is 1.72. The number of ketones is 1. The molecule has 0 aliphatic carbocycles. The normalized spacial score (nSPS) is 13.4. The van der Waals surface area contributed by atoms with Gasteiger partial charge < -0.3 is 14.8 Å². The predicted molar refractivity (Wildman–Crippen MR) is 106 cm³/mol. The summed E-state index contributed by atoms with van der Waals surface area (Å²) in [6.07, 6.45) is -0.503. The van der Waals surface area contributed by atoms with Crippen LogP contribution in [-0.2, 0) is 33.4 Å². The Balaban J connectivity index is 5.28. The van der Waals surface area contributed by atoms with Gasteiger partial charge in [0.15, 0.2) is 0 Å². The highest BCUT2D eigenvalue weighted by Gasteiger charge is 2.41. The van der Waals surface area contributed by atoms with E-state index in [0.29, 0.717) is 18.2 Å². The number of carbonyl (C=O) groups is 5. The molecule has 8 nitrogen and oxygen atoms in total. The molecule has 0 bridgehead atoms. The van der Waals surface area contributed by atoms with Crippen molar-refractivity contribution in [2.45, 2.75) is 78.2 Å². The van der Waals surface area contributed by atoms with Gasteiger partial charge >= 0.3 is 11.9 Å². The van der Waals surface area contributed by atoms with Crippen LogP contribution < -0.4 is 5.32 Å². The molecule has 0 fully saturated rings. The number of nitrogens with one attached hydrogen (secondary N) is 1. The lowest BCUT2D eigenvalue weighted by Crippen LogP contribution is -2.54. The number of carbonyl (C=O) groups excluding carboxylic acids is 5. The fourth-order valence-electron chi connectivity index (χ4n) is 2.07. The Bertz CT molecular complexity index is 601. The van der Waals surface area contributed by atoms with Gasteiger partial charge in [0.2, 0.25) is 11.7 Å². The van der Waals surface area contributed by atoms with Crippen molar-refractivity contribution in [1.29, 1.82) is 0 Å². The second kappa shape index (κ2) is 11.8. The number of rotatable bonds is 11. The molecule has 0 saturated heterocycles. The highest BCUT2D eigenvalue weighted by molar-refractivity contribution is 8.16. The molecule has 1 N–H and O–H groups in total. The summed E-state index contributed by atoms with van der Waals surface area (Å²) >= 11 is 0.583. The first-order valence-corrected chi connectivity index (χ1v) is 10.1. The summed E-state index contributed by atoms with van der Waals surface area (Å²) in [7, 11) is 0. The van der Waals surface area contributed by atoms with Crippen LogP contribution in [0, 0.1) is 5.92 Å². The highest BCUT2D eigenvalue weighted by Crippen LogP contribution is 2.30. The Hall–Kier alpha value is -1.90. The highest BCUT2D eigenvalue weighted by atomic mass is 32.2. The zero-order valence-electron chi connectivity index (χ0n) is 17.6. The molecule has 160 valence electrons. The van der Waals surface area contributed by atoms with E-state index in [2.05, 4.69) is 5.32 Å². The van der Waals surface area contributed by atoms with E-state index in [1.54, 1.807) is 41.5 Å². The van der Waals surface area contributed by atoms with Crippen LogP contribution in [0.2, 0.25) is 0 Å². The molecular formula is C19H31NO7S. The van der Waals surface area contributed by atoms with E-state index in [1.165, 1.54) is 0 Å². The number of esters is 2. The van der Waals surface area contributed by atoms with Gasteiger partial charge in [-0.25, -0.2) is 4.79 Å². The van der Waals surface area contributed by atoms with E-state index in [4.69, 9.17) is 9.47 Å². The fourth-order valence-corrected chi connectivity index (χ4v) is 3.01. The maximum Gasteiger partial charge on any atom is 0.330 e. The van der Waals surface area contributed by atoms with Crippen molar-refractivity contribution in [2.24, 2.45) is 5.92 Å². The Morgan fingerprint density at radius 3 is 2.07 bits per heavy atom. The molecule has 0 aromatic heterocycles. The van der Waals surface area contributed by atoms with Gasteiger partial charge in [-0.1, -0.05) is 25.6 Å². The summed E-state index contributed by atoms with van der Waals surface area (Å²) in [5.41, 5.74) is 0. The zero-order chi connectivity index (χ0) is 22.1. The lowest BCUT2D eigenvalue weighted by molar-refractivity contribution is -0.151. The molecule has 1 amide bonds. The topological polar surface area (TPSA) is 116 Å². The van der Waals surface area contributed by atoms with Crippen LogP contribution in [0.1, 0.15) is 61.3 Å². The van der Waals surface area contributed by atoms with E-state index in [9.17, 15) is 24.0 Å². The van der Waals surface area contributed by atoms with Gasteiger partial charge in [0.1, 0.15) is 12.5 Å². The van der Waals surface area contributed by atoms with Crippen LogP contribution in [0.4, 0.5) is 0 Å². The summed E-state index contributed by atoms with van der Waals surface area (Å²) < 4.78 is 8.70. The van der Waals surface area contributed by atoms with Crippen LogP contribution in [0.15, 0.2) is 0 Å². The van der Waals surface area contributed by atoms with Crippen LogP contribution in [-0.4, -0.2) is 52.2 Å². The minimum Gasteiger partial charge on any atom is -0.464 e. The van der Waals surface area contributed by atoms with Crippen molar-refractivity contribution in [3.05, 3.63) is 0 Å². The van der Waals surface area contributed by atoms with Gasteiger partial charge in [0.05, 0.1) is 12.7 Å². The minimum atomic E-state index is -1.18. The van der Waals surface area contributed by atoms with Gasteiger partial charge in [0, 0.05) is 10.7 Å². The predicted octanol–water partition coefficient (Wildman–Crippen LogP) is 2.03. The molecule has 0 spiro atoms. The maximum atomic E-state index is 12.4. The summed E-state index contributed by atoms with van der Waals surface area (Å²) in [6.45, 7) is 11.6. The molecular weight excluding hydrogens is 386 g/mol. The number of Topliss-reactive ketones (excluding diaryl/α,β-unsaturated/α-hetero) is 1. The third kappa shape index (κ3) is 8.86. The zero-order valence-corrected chi connectivity index (χ0v) is 18.4. The number of ether oxygens (including phenoxy) is 2. The van der Waals surface area contributed by atoms with E-state index in [-0.39, 0.29) is 18.4 Å². The Kier molecular flexibility index (Phi) is 11.0. The molecule has 2 unspecified atom stereocenters. The van der Waals surface area contributed by atoms with E-state index >= 15 is 0 Å². The molecule has 0 rings (SSSR count). The van der Waals surface area contributed by atoms with E-state index in [0.717, 1.165) is 0 Å². The molecule has 0 heterocycles. The van der Waals surface area contributed by atoms with Crippen molar-refractivity contribution in [2.75, 3.05) is 6.61 Å². The van der Waals surface area contributed by atoms with Gasteiger partial charge in [-0.05, 0) is 41.0 Å². The van der Waals surface area contributed by atoms with E-state index < -0.39 is 46.2 Å². The first kappa shape index (κ1) is 26.1. The molecule has 0 aliphatic heterocycles. The van der Waals surface area contributed by atoms with Crippen LogP contribution in [0.3, 0.4) is 0 Å². The molecule has 2 atom stereocenters. The van der Waals surface area contributed by atoms with Gasteiger partial charge in [-0.15, -0.1) is 0 Å². The van der Waals surface area contributed by atoms with Crippen molar-refractivity contribution < 1.29 is 33.4 Å². The number of hydrogen-bond acceptors (Lipinski definition) is 8. The SMILES string of the molecule is CCOC(=O)C(NC(=O)C(C)CC)C(C)(C)SC(=O)C(=O)CC(=O)OC(C)C. The monoisotopic (exact) mass is 417 g/mol. The molecule has 28 heavy (non-hydrogen) atoms. The second-order valence-electron chi connectivity index (χ2n) is 7.13. The quantitative estimate of drug-likeness (QED) is 0.308. The Labute approximate surface area is 170 Å². The van der Waals surface area contributed by atoms with Crippen LogP contribution in [0.5, 0.6) is 0 Å². The first-order valence-electron chi connectivity index (χ1n) is 9.28. The van der Waals surface area contributed by atoms with Crippen molar-refractivity contribution in [3.63, 3.8) is 0 Å². The van der Waals surface area contributed by atoms with E-state index in [1.807, 2.05) is 6.92 Å². The number of hydrogen-bond donors (Lipinski definition) is 1. The Morgan fingerprint density at radius 1 is 1.04 bits per heavy atom. The van der Waals surface area contributed by atoms with Gasteiger partial charge in [-0.2, -0.15) is 0 Å². The molecule has 9 heteroatoms. The van der Waals surface area contributed by atoms with Crippen molar-refractivity contribution in [1.82, 2.24) is 5.32 Å². The lowest BCUT2D eigenvalue weighted by atomic mass is 10.0. The third-order valence-electron chi connectivity index (χ3n) is 3.82. The standard InChI is InChI=1S/C19H31NO7S/c1-8-12(5)16(23)20-15(17(24)26-9-2)19(6,7)28-18(25)13(21)10-14(22)27-11(3)4/h11-12,15H,8-10H2,1-7H3,(H,20,23). The third-order valence-corrected chi connectivity index (χ3v) is 4.99. The van der Waals surface area contributed by atoms with Crippen molar-refractivity contribution >= 4 is 40.5 Å².